The summed E-state index contributed by atoms with van der Waals surface area (Å²) in [5.74, 6) is 0. The zero-order chi connectivity index (χ0) is 14.0. The van der Waals surface area contributed by atoms with Crippen LogP contribution < -0.4 is 5.73 Å². The second kappa shape index (κ2) is 5.76. The number of nitrogens with two attached hydrogens (primary N) is 1. The van der Waals surface area contributed by atoms with E-state index in [1.165, 1.54) is 11.3 Å². The number of hydrogen-bond acceptors (Lipinski definition) is 2. The Kier molecular flexibility index (Phi) is 4.27. The summed E-state index contributed by atoms with van der Waals surface area (Å²) >= 11 is 5.93. The molecule has 1 aromatic heterocycles. The molecule has 1 unspecified atom stereocenters. The number of rotatable bonds is 4. The molecular weight excluding hydrogens is 258 g/mol. The Morgan fingerprint density at radius 3 is 2.37 bits per heavy atom. The summed E-state index contributed by atoms with van der Waals surface area (Å²) in [5, 5.41) is 5.39. The highest BCUT2D eigenvalue weighted by Crippen LogP contribution is 2.23. The second-order valence-electron chi connectivity index (χ2n) is 4.75. The molecule has 0 saturated heterocycles. The Morgan fingerprint density at radius 1 is 1.26 bits per heavy atom. The summed E-state index contributed by atoms with van der Waals surface area (Å²) in [4.78, 5) is 0. The van der Waals surface area contributed by atoms with Crippen LogP contribution in [0.2, 0.25) is 5.02 Å². The molecule has 3 nitrogen and oxygen atoms in total. The van der Waals surface area contributed by atoms with Crippen LogP contribution in [0.5, 0.6) is 0 Å². The normalized spacial score (nSPS) is 12.7. The lowest BCUT2D eigenvalue weighted by Crippen LogP contribution is -2.22. The number of aryl methyl sites for hydroxylation is 1. The van der Waals surface area contributed by atoms with Crippen LogP contribution in [0, 0.1) is 13.8 Å². The molecule has 0 saturated carbocycles. The maximum atomic E-state index is 5.95. The maximum Gasteiger partial charge on any atom is 0.0893 e. The van der Waals surface area contributed by atoms with Gasteiger partial charge in [0.25, 0.3) is 0 Å². The van der Waals surface area contributed by atoms with Crippen LogP contribution in [0.1, 0.15) is 35.5 Å². The topological polar surface area (TPSA) is 43.8 Å². The molecule has 0 aliphatic carbocycles. The maximum absolute atomic E-state index is 5.95. The van der Waals surface area contributed by atoms with Crippen molar-refractivity contribution in [2.45, 2.75) is 33.2 Å². The van der Waals surface area contributed by atoms with Gasteiger partial charge in [0.1, 0.15) is 0 Å². The molecule has 0 spiro atoms. The second-order valence-corrected chi connectivity index (χ2v) is 5.19. The minimum atomic E-state index is 0.0660. The van der Waals surface area contributed by atoms with E-state index in [1.54, 1.807) is 0 Å². The highest BCUT2D eigenvalue weighted by Gasteiger charge is 2.18. The Hall–Kier alpha value is -1.32. The molecule has 0 amide bonds. The summed E-state index contributed by atoms with van der Waals surface area (Å²) in [6, 6.07) is 7.89. The Morgan fingerprint density at radius 2 is 1.89 bits per heavy atom. The number of nitrogens with zero attached hydrogens (tertiary/aromatic N) is 2. The van der Waals surface area contributed by atoms with Crippen molar-refractivity contribution < 1.29 is 0 Å². The number of hydrogen-bond donors (Lipinski definition) is 1. The Balaban J connectivity index is 2.45. The van der Waals surface area contributed by atoms with Crippen LogP contribution in [0.3, 0.4) is 0 Å². The molecule has 0 bridgehead atoms. The first-order valence-electron chi connectivity index (χ1n) is 6.58. The van der Waals surface area contributed by atoms with Crippen molar-refractivity contribution in [2.75, 3.05) is 6.54 Å². The number of benzene rings is 1. The van der Waals surface area contributed by atoms with Crippen molar-refractivity contribution in [3.8, 4) is 0 Å². The molecule has 4 heteroatoms. The molecule has 2 N–H and O–H groups in total. The van der Waals surface area contributed by atoms with Gasteiger partial charge in [0.05, 0.1) is 11.7 Å². The predicted octanol–water partition coefficient (Wildman–Crippen LogP) is 3.26. The van der Waals surface area contributed by atoms with E-state index in [-0.39, 0.29) is 6.04 Å². The van der Waals surface area contributed by atoms with Gasteiger partial charge in [-0.05, 0) is 43.5 Å². The summed E-state index contributed by atoms with van der Waals surface area (Å²) in [5.41, 5.74) is 10.7. The Labute approximate surface area is 119 Å². The van der Waals surface area contributed by atoms with Gasteiger partial charge in [-0.2, -0.15) is 5.10 Å². The summed E-state index contributed by atoms with van der Waals surface area (Å²) < 4.78 is 2.04. The average molecular weight is 278 g/mol. The Bertz CT molecular complexity index is 558. The molecule has 102 valence electrons. The third-order valence-electron chi connectivity index (χ3n) is 3.60. The molecule has 0 aliphatic rings. The molecule has 19 heavy (non-hydrogen) atoms. The van der Waals surface area contributed by atoms with Crippen LogP contribution in [0.25, 0.3) is 0 Å². The monoisotopic (exact) mass is 277 g/mol. The van der Waals surface area contributed by atoms with Crippen molar-refractivity contribution in [1.82, 2.24) is 9.78 Å². The van der Waals surface area contributed by atoms with Crippen LogP contribution in [0.15, 0.2) is 24.3 Å². The van der Waals surface area contributed by atoms with E-state index in [0.29, 0.717) is 6.54 Å². The van der Waals surface area contributed by atoms with Crippen molar-refractivity contribution in [3.05, 3.63) is 51.8 Å². The number of halogens is 1. The molecular formula is C15H20ClN3. The van der Waals surface area contributed by atoms with Gasteiger partial charge in [-0.25, -0.2) is 0 Å². The largest absolute Gasteiger partial charge is 0.328 e. The van der Waals surface area contributed by atoms with E-state index in [2.05, 4.69) is 25.9 Å². The third kappa shape index (κ3) is 2.67. The zero-order valence-corrected chi connectivity index (χ0v) is 12.4. The predicted molar refractivity (Wildman–Crippen MR) is 79.7 cm³/mol. The van der Waals surface area contributed by atoms with E-state index in [4.69, 9.17) is 17.3 Å². The molecule has 2 aromatic rings. The zero-order valence-electron chi connectivity index (χ0n) is 11.7. The molecule has 0 radical (unpaired) electrons. The van der Waals surface area contributed by atoms with Gasteiger partial charge in [-0.1, -0.05) is 30.7 Å². The molecule has 1 atom stereocenters. The van der Waals surface area contributed by atoms with Gasteiger partial charge in [-0.15, -0.1) is 0 Å². The fourth-order valence-corrected chi connectivity index (χ4v) is 2.70. The smallest absolute Gasteiger partial charge is 0.0893 e. The lowest BCUT2D eigenvalue weighted by atomic mass is 10.1. The van der Waals surface area contributed by atoms with Gasteiger partial charge < -0.3 is 5.73 Å². The highest BCUT2D eigenvalue weighted by atomic mass is 35.5. The summed E-state index contributed by atoms with van der Waals surface area (Å²) in [6.45, 7) is 6.84. The summed E-state index contributed by atoms with van der Waals surface area (Å²) in [7, 11) is 0. The van der Waals surface area contributed by atoms with Crippen LogP contribution in [0.4, 0.5) is 0 Å². The van der Waals surface area contributed by atoms with E-state index >= 15 is 0 Å². The first-order chi connectivity index (χ1) is 9.08. The average Bonchev–Trinajstić information content (AvgIpc) is 2.68. The molecule has 1 heterocycles. The van der Waals surface area contributed by atoms with Crippen LogP contribution in [-0.4, -0.2) is 16.3 Å². The third-order valence-corrected chi connectivity index (χ3v) is 3.85. The van der Waals surface area contributed by atoms with Crippen molar-refractivity contribution in [1.29, 1.82) is 0 Å². The quantitative estimate of drug-likeness (QED) is 0.932. The molecule has 2 rings (SSSR count). The molecule has 1 aromatic carbocycles. The van der Waals surface area contributed by atoms with Gasteiger partial charge in [0.15, 0.2) is 0 Å². The minimum absolute atomic E-state index is 0.0660. The fourth-order valence-electron chi connectivity index (χ4n) is 2.57. The van der Waals surface area contributed by atoms with E-state index < -0.39 is 0 Å². The van der Waals surface area contributed by atoms with Crippen LogP contribution >= 0.6 is 11.6 Å². The van der Waals surface area contributed by atoms with Gasteiger partial charge >= 0.3 is 0 Å². The van der Waals surface area contributed by atoms with E-state index in [9.17, 15) is 0 Å². The summed E-state index contributed by atoms with van der Waals surface area (Å²) in [6.07, 6.45) is 0.996. The fraction of sp³-hybridized carbons (Fsp3) is 0.400. The van der Waals surface area contributed by atoms with E-state index in [1.807, 2.05) is 28.9 Å². The van der Waals surface area contributed by atoms with E-state index in [0.717, 1.165) is 22.7 Å². The lowest BCUT2D eigenvalue weighted by Gasteiger charge is -2.18. The molecule has 0 fully saturated rings. The SMILES string of the molecule is CCc1c(C)nn(C(CN)c2ccc(Cl)cc2)c1C. The van der Waals surface area contributed by atoms with Crippen molar-refractivity contribution in [2.24, 2.45) is 5.73 Å². The minimum Gasteiger partial charge on any atom is -0.328 e. The first-order valence-corrected chi connectivity index (χ1v) is 6.96. The van der Waals surface area contributed by atoms with Crippen LogP contribution in [-0.2, 0) is 6.42 Å². The van der Waals surface area contributed by atoms with Crippen molar-refractivity contribution in [3.63, 3.8) is 0 Å². The number of aromatic nitrogens is 2. The first kappa shape index (κ1) is 14.1. The van der Waals surface area contributed by atoms with Gasteiger partial charge in [-0.3, -0.25) is 4.68 Å². The van der Waals surface area contributed by atoms with Gasteiger partial charge in [0.2, 0.25) is 0 Å². The standard InChI is InChI=1S/C15H20ClN3/c1-4-14-10(2)18-19(11(14)3)15(9-17)12-5-7-13(16)8-6-12/h5-8,15H,4,9,17H2,1-3H3. The highest BCUT2D eigenvalue weighted by molar-refractivity contribution is 6.30. The lowest BCUT2D eigenvalue weighted by molar-refractivity contribution is 0.516. The van der Waals surface area contributed by atoms with Gasteiger partial charge in [0, 0.05) is 17.3 Å². The van der Waals surface area contributed by atoms with Crippen molar-refractivity contribution >= 4 is 11.6 Å². The molecule has 0 aliphatic heterocycles.